The molecule has 1 atom stereocenters. The second-order valence-electron chi connectivity index (χ2n) is 4.89. The predicted molar refractivity (Wildman–Crippen MR) is 60.7 cm³/mol. The van der Waals surface area contributed by atoms with Crippen LogP contribution in [0.3, 0.4) is 0 Å². The molecule has 1 aliphatic carbocycles. The number of nitrogens with one attached hydrogen (secondary N) is 1. The smallest absolute Gasteiger partial charge is 0.216 e. The van der Waals surface area contributed by atoms with Crippen LogP contribution in [0.5, 0.6) is 0 Å². The zero-order valence-electron chi connectivity index (χ0n) is 9.67. The Hall–Kier alpha value is -0.570. The van der Waals surface area contributed by atoms with Gasteiger partial charge in [0.05, 0.1) is 0 Å². The Kier molecular flexibility index (Phi) is 3.62. The molecule has 1 saturated carbocycles. The van der Waals surface area contributed by atoms with Crippen LogP contribution in [-0.2, 0) is 4.79 Å². The first-order valence-electron chi connectivity index (χ1n) is 6.27. The van der Waals surface area contributed by atoms with Gasteiger partial charge in [-0.2, -0.15) is 0 Å². The molecule has 0 aromatic rings. The Bertz CT molecular complexity index is 226. The molecule has 1 unspecified atom stereocenters. The van der Waals surface area contributed by atoms with Gasteiger partial charge in [-0.1, -0.05) is 6.42 Å². The van der Waals surface area contributed by atoms with Gasteiger partial charge in [0.25, 0.3) is 0 Å². The summed E-state index contributed by atoms with van der Waals surface area (Å²) in [5.41, 5.74) is 0. The number of rotatable bonds is 4. The van der Waals surface area contributed by atoms with E-state index in [1.54, 1.807) is 6.92 Å². The summed E-state index contributed by atoms with van der Waals surface area (Å²) in [6.45, 7) is 3.73. The standard InChI is InChI=1S/C12H22N2O/c1-10(15)13-8-7-11-4-2-3-9-14(11)12-5-6-12/h11-12H,2-9H2,1H3,(H,13,15). The molecular formula is C12H22N2O. The maximum absolute atomic E-state index is 10.8. The monoisotopic (exact) mass is 210 g/mol. The Balaban J connectivity index is 1.74. The van der Waals surface area contributed by atoms with Crippen LogP contribution in [-0.4, -0.2) is 36.0 Å². The van der Waals surface area contributed by atoms with Gasteiger partial charge < -0.3 is 5.32 Å². The Labute approximate surface area is 92.2 Å². The van der Waals surface area contributed by atoms with Crippen molar-refractivity contribution >= 4 is 5.91 Å². The van der Waals surface area contributed by atoms with Gasteiger partial charge in [-0.3, -0.25) is 9.69 Å². The molecule has 2 aliphatic rings. The van der Waals surface area contributed by atoms with Crippen molar-refractivity contribution in [2.24, 2.45) is 0 Å². The molecule has 3 nitrogen and oxygen atoms in total. The number of nitrogens with zero attached hydrogens (tertiary/aromatic N) is 1. The largest absolute Gasteiger partial charge is 0.356 e. The molecule has 0 aromatic carbocycles. The van der Waals surface area contributed by atoms with E-state index in [0.717, 1.165) is 25.0 Å². The van der Waals surface area contributed by atoms with E-state index in [0.29, 0.717) is 0 Å². The highest BCUT2D eigenvalue weighted by Gasteiger charge is 2.34. The molecule has 15 heavy (non-hydrogen) atoms. The number of carbonyl (C=O) groups is 1. The summed E-state index contributed by atoms with van der Waals surface area (Å²) in [5, 5.41) is 2.91. The normalized spacial score (nSPS) is 27.7. The molecule has 0 aromatic heterocycles. The SMILES string of the molecule is CC(=O)NCCC1CCCCN1C1CC1. The highest BCUT2D eigenvalue weighted by Crippen LogP contribution is 2.33. The third-order valence-corrected chi connectivity index (χ3v) is 3.54. The number of likely N-dealkylation sites (tertiary alicyclic amines) is 1. The molecule has 0 spiro atoms. The van der Waals surface area contributed by atoms with Crippen molar-refractivity contribution in [2.45, 2.75) is 57.5 Å². The summed E-state index contributed by atoms with van der Waals surface area (Å²) < 4.78 is 0. The second kappa shape index (κ2) is 4.97. The molecule has 1 saturated heterocycles. The van der Waals surface area contributed by atoms with Crippen LogP contribution in [0.15, 0.2) is 0 Å². The van der Waals surface area contributed by atoms with Crippen LogP contribution in [0.4, 0.5) is 0 Å². The summed E-state index contributed by atoms with van der Waals surface area (Å²) in [5.74, 6) is 0.101. The van der Waals surface area contributed by atoms with E-state index in [2.05, 4.69) is 10.2 Å². The predicted octanol–water partition coefficient (Wildman–Crippen LogP) is 1.53. The Morgan fingerprint density at radius 2 is 2.13 bits per heavy atom. The van der Waals surface area contributed by atoms with Gasteiger partial charge in [0.1, 0.15) is 0 Å². The van der Waals surface area contributed by atoms with Crippen LogP contribution in [0.2, 0.25) is 0 Å². The lowest BCUT2D eigenvalue weighted by Gasteiger charge is -2.36. The van der Waals surface area contributed by atoms with Gasteiger partial charge >= 0.3 is 0 Å². The van der Waals surface area contributed by atoms with Crippen molar-refractivity contribution in [1.29, 1.82) is 0 Å². The second-order valence-corrected chi connectivity index (χ2v) is 4.89. The molecule has 2 fully saturated rings. The molecular weight excluding hydrogens is 188 g/mol. The summed E-state index contributed by atoms with van der Waals surface area (Å²) >= 11 is 0. The lowest BCUT2D eigenvalue weighted by atomic mass is 9.99. The molecule has 0 bridgehead atoms. The van der Waals surface area contributed by atoms with Gasteiger partial charge in [0.2, 0.25) is 5.91 Å². The molecule has 1 amide bonds. The van der Waals surface area contributed by atoms with E-state index in [1.165, 1.54) is 38.6 Å². The lowest BCUT2D eigenvalue weighted by molar-refractivity contribution is -0.119. The zero-order valence-corrected chi connectivity index (χ0v) is 9.67. The average molecular weight is 210 g/mol. The third kappa shape index (κ3) is 3.20. The molecule has 0 radical (unpaired) electrons. The fourth-order valence-corrected chi connectivity index (χ4v) is 2.63. The third-order valence-electron chi connectivity index (χ3n) is 3.54. The maximum atomic E-state index is 10.8. The topological polar surface area (TPSA) is 32.3 Å². The van der Waals surface area contributed by atoms with Gasteiger partial charge in [-0.25, -0.2) is 0 Å². The van der Waals surface area contributed by atoms with Crippen molar-refractivity contribution in [3.63, 3.8) is 0 Å². The van der Waals surface area contributed by atoms with Crippen molar-refractivity contribution in [2.75, 3.05) is 13.1 Å². The van der Waals surface area contributed by atoms with Crippen LogP contribution in [0.25, 0.3) is 0 Å². The minimum atomic E-state index is 0.101. The highest BCUT2D eigenvalue weighted by atomic mass is 16.1. The van der Waals surface area contributed by atoms with E-state index >= 15 is 0 Å². The Morgan fingerprint density at radius 1 is 1.33 bits per heavy atom. The van der Waals surface area contributed by atoms with Crippen molar-refractivity contribution in [3.8, 4) is 0 Å². The van der Waals surface area contributed by atoms with E-state index in [9.17, 15) is 4.79 Å². The maximum Gasteiger partial charge on any atom is 0.216 e. The first-order chi connectivity index (χ1) is 7.27. The lowest BCUT2D eigenvalue weighted by Crippen LogP contribution is -2.42. The number of piperidine rings is 1. The average Bonchev–Trinajstić information content (AvgIpc) is 3.01. The Morgan fingerprint density at radius 3 is 2.80 bits per heavy atom. The van der Waals surface area contributed by atoms with E-state index in [-0.39, 0.29) is 5.91 Å². The van der Waals surface area contributed by atoms with Gasteiger partial charge in [-0.15, -0.1) is 0 Å². The first kappa shape index (κ1) is 10.9. The van der Waals surface area contributed by atoms with E-state index in [1.807, 2.05) is 0 Å². The van der Waals surface area contributed by atoms with Crippen LogP contribution in [0.1, 0.15) is 45.4 Å². The molecule has 2 rings (SSSR count). The molecule has 3 heteroatoms. The fourth-order valence-electron chi connectivity index (χ4n) is 2.63. The number of hydrogen-bond donors (Lipinski definition) is 1. The highest BCUT2D eigenvalue weighted by molar-refractivity contribution is 5.72. The van der Waals surface area contributed by atoms with Gasteiger partial charge in [0, 0.05) is 25.6 Å². The zero-order chi connectivity index (χ0) is 10.7. The minimum absolute atomic E-state index is 0.101. The summed E-state index contributed by atoms with van der Waals surface area (Å²) in [6, 6.07) is 1.62. The van der Waals surface area contributed by atoms with E-state index in [4.69, 9.17) is 0 Å². The van der Waals surface area contributed by atoms with Crippen molar-refractivity contribution in [3.05, 3.63) is 0 Å². The van der Waals surface area contributed by atoms with Crippen molar-refractivity contribution < 1.29 is 4.79 Å². The van der Waals surface area contributed by atoms with Gasteiger partial charge in [-0.05, 0) is 38.6 Å². The first-order valence-corrected chi connectivity index (χ1v) is 6.27. The van der Waals surface area contributed by atoms with Crippen LogP contribution >= 0.6 is 0 Å². The molecule has 1 N–H and O–H groups in total. The van der Waals surface area contributed by atoms with E-state index < -0.39 is 0 Å². The minimum Gasteiger partial charge on any atom is -0.356 e. The van der Waals surface area contributed by atoms with Crippen molar-refractivity contribution in [1.82, 2.24) is 10.2 Å². The molecule has 1 heterocycles. The van der Waals surface area contributed by atoms with Crippen LogP contribution in [0, 0.1) is 0 Å². The number of amides is 1. The number of carbonyl (C=O) groups excluding carboxylic acids is 1. The fraction of sp³-hybridized carbons (Fsp3) is 0.917. The summed E-state index contributed by atoms with van der Waals surface area (Å²) in [7, 11) is 0. The number of hydrogen-bond acceptors (Lipinski definition) is 2. The molecule has 86 valence electrons. The summed E-state index contributed by atoms with van der Waals surface area (Å²) in [4.78, 5) is 13.5. The molecule has 1 aliphatic heterocycles. The van der Waals surface area contributed by atoms with Gasteiger partial charge in [0.15, 0.2) is 0 Å². The quantitative estimate of drug-likeness (QED) is 0.763. The summed E-state index contributed by atoms with van der Waals surface area (Å²) in [6.07, 6.45) is 8.00. The van der Waals surface area contributed by atoms with Crippen LogP contribution < -0.4 is 5.32 Å².